The second-order valence-corrected chi connectivity index (χ2v) is 33.0. The van der Waals surface area contributed by atoms with Crippen molar-refractivity contribution in [2.75, 3.05) is 0 Å². The van der Waals surface area contributed by atoms with E-state index in [9.17, 15) is 0 Å². The summed E-state index contributed by atoms with van der Waals surface area (Å²) in [4.78, 5) is 44.8. The van der Waals surface area contributed by atoms with Gasteiger partial charge in [0.05, 0.1) is 0 Å². The van der Waals surface area contributed by atoms with E-state index in [0.717, 1.165) is 187 Å². The van der Waals surface area contributed by atoms with Crippen LogP contribution < -0.4 is 0 Å². The number of nitrogens with zero attached hydrogens (tertiary/aromatic N) is 9. The molecule has 0 N–H and O–H groups in total. The SMILES string of the molecule is c1ccc(-c2nc(-c3ccc4ccccc4c3)nc(-c3ccc(-c4ccc5oc6ccccc6c5c4)c4ccccc34)n2)cc1.c1ccc(-c2nc(-c3ccccc3)nc(-c3cccc(-c4cccc(-c5cccc6oc7ccccc7c56)c4)c3)n2)cc1.c1ccc2cc(-c3nc(-c4ccc(-c5ccc6oc7ccccc7c6c5)cc4)nc(-c4ccc5ccccc5c4)n3)ccc2c1. The van der Waals surface area contributed by atoms with Crippen LogP contribution in [0, 0.1) is 0 Å². The van der Waals surface area contributed by atoms with Gasteiger partial charge in [-0.1, -0.05) is 370 Å². The van der Waals surface area contributed by atoms with Crippen LogP contribution in [0.25, 0.3) is 256 Å². The average molecular weight is 1700 g/mol. The van der Waals surface area contributed by atoms with Crippen molar-refractivity contribution in [3.8, 4) is 147 Å². The summed E-state index contributed by atoms with van der Waals surface area (Å²) in [5.41, 5.74) is 22.9. The number of para-hydroxylation sites is 3. The van der Waals surface area contributed by atoms with E-state index in [1.807, 2.05) is 140 Å². The molecule has 26 rings (SSSR count). The molecule has 12 nitrogen and oxygen atoms in total. The molecule has 0 spiro atoms. The first-order valence-electron chi connectivity index (χ1n) is 44.3. The summed E-state index contributed by atoms with van der Waals surface area (Å²) in [6.07, 6.45) is 0. The van der Waals surface area contributed by atoms with E-state index in [2.05, 4.69) is 315 Å². The van der Waals surface area contributed by atoms with Gasteiger partial charge in [0.15, 0.2) is 52.4 Å². The minimum atomic E-state index is 0.638. The Morgan fingerprint density at radius 3 is 0.872 bits per heavy atom. The van der Waals surface area contributed by atoms with Gasteiger partial charge in [-0.2, -0.15) is 0 Å². The third-order valence-electron chi connectivity index (χ3n) is 24.8. The Morgan fingerprint density at radius 1 is 0.120 bits per heavy atom. The van der Waals surface area contributed by atoms with Gasteiger partial charge in [0.25, 0.3) is 0 Å². The van der Waals surface area contributed by atoms with Crippen LogP contribution in [0.5, 0.6) is 0 Å². The molecule has 0 fully saturated rings. The molecule has 0 aliphatic heterocycles. The van der Waals surface area contributed by atoms with Gasteiger partial charge < -0.3 is 13.3 Å². The zero-order valence-electron chi connectivity index (χ0n) is 71.6. The number of rotatable bonds is 13. The maximum absolute atomic E-state index is 6.16. The van der Waals surface area contributed by atoms with Crippen molar-refractivity contribution in [3.05, 3.63) is 455 Å². The molecule has 0 saturated heterocycles. The van der Waals surface area contributed by atoms with Crippen LogP contribution in [0.3, 0.4) is 0 Å². The number of aromatic nitrogens is 9. The Balaban J connectivity index is 0.000000110. The highest BCUT2D eigenvalue weighted by atomic mass is 16.3. The van der Waals surface area contributed by atoms with E-state index in [1.165, 1.54) is 16.2 Å². The smallest absolute Gasteiger partial charge is 0.164 e. The van der Waals surface area contributed by atoms with Crippen molar-refractivity contribution in [1.82, 2.24) is 44.9 Å². The van der Waals surface area contributed by atoms with Gasteiger partial charge in [0, 0.05) is 82.4 Å². The number of hydrogen-bond acceptors (Lipinski definition) is 12. The first kappa shape index (κ1) is 78.4. The minimum Gasteiger partial charge on any atom is -0.456 e. The Hall–Kier alpha value is -18.1. The van der Waals surface area contributed by atoms with E-state index in [-0.39, 0.29) is 0 Å². The first-order chi connectivity index (χ1) is 65.8. The van der Waals surface area contributed by atoms with Gasteiger partial charge in [-0.3, -0.25) is 0 Å². The maximum atomic E-state index is 6.16. The lowest BCUT2D eigenvalue weighted by molar-refractivity contribution is 0.668. The van der Waals surface area contributed by atoms with E-state index < -0.39 is 0 Å². The first-order valence-corrected chi connectivity index (χ1v) is 44.3. The third-order valence-corrected chi connectivity index (χ3v) is 24.8. The van der Waals surface area contributed by atoms with Crippen molar-refractivity contribution >= 4 is 109 Å². The van der Waals surface area contributed by atoms with Gasteiger partial charge in [-0.25, -0.2) is 44.9 Å². The van der Waals surface area contributed by atoms with Crippen LogP contribution in [-0.2, 0) is 0 Å². The van der Waals surface area contributed by atoms with Gasteiger partial charge >= 0.3 is 0 Å². The molecule has 0 unspecified atom stereocenters. The molecule has 0 amide bonds. The largest absolute Gasteiger partial charge is 0.456 e. The second kappa shape index (κ2) is 33.9. The minimum absolute atomic E-state index is 0.638. The van der Waals surface area contributed by atoms with E-state index >= 15 is 0 Å². The summed E-state index contributed by atoms with van der Waals surface area (Å²) in [6, 6.07) is 156. The van der Waals surface area contributed by atoms with Gasteiger partial charge in [-0.15, -0.1) is 0 Å². The van der Waals surface area contributed by atoms with Crippen molar-refractivity contribution in [1.29, 1.82) is 0 Å². The molecule has 12 heteroatoms. The van der Waals surface area contributed by atoms with Crippen LogP contribution >= 0.6 is 0 Å². The van der Waals surface area contributed by atoms with Crippen LogP contribution in [0.2, 0.25) is 0 Å². The van der Waals surface area contributed by atoms with E-state index in [0.29, 0.717) is 52.4 Å². The lowest BCUT2D eigenvalue weighted by Gasteiger charge is -2.13. The standard InChI is InChI=1S/2C41H25N3O.C39H25N3O/c1-3-9-30-23-33(19-15-26(30)7-1)40-42-39(43-41(44-40)34-20-16-27-8-2-4-10-31(27)24-34)29-17-13-28(14-18-29)32-21-22-38-36(25-32)35-11-5-6-12-37(35)45-38;1-2-11-27(12-3-1)39-42-40(30-19-18-26-10-4-5-13-28(26)24-30)44-41(43-39)35-22-21-31(32-14-6-7-15-33(32)35)29-20-23-38-36(25-29)34-16-8-9-17-37(34)45-38;1-3-12-26(13-4-1)37-40-38(27-14-5-2-6-15-27)42-39(41-37)31-19-10-17-29(25-31)28-16-9-18-30(24-28)32-21-11-23-35-36(32)33-20-7-8-22-34(33)43-35/h2*1-25H;1-25H. The van der Waals surface area contributed by atoms with Gasteiger partial charge in [0.2, 0.25) is 0 Å². The average Bonchev–Trinajstić information content (AvgIpc) is 1.80. The number of hydrogen-bond donors (Lipinski definition) is 0. The maximum Gasteiger partial charge on any atom is 0.164 e. The second-order valence-electron chi connectivity index (χ2n) is 33.0. The predicted molar refractivity (Wildman–Crippen MR) is 542 cm³/mol. The molecular weight excluding hydrogens is 1630 g/mol. The van der Waals surface area contributed by atoms with Crippen molar-refractivity contribution < 1.29 is 13.3 Å². The Kier molecular flexibility index (Phi) is 20.0. The highest BCUT2D eigenvalue weighted by Gasteiger charge is 2.22. The predicted octanol–water partition coefficient (Wildman–Crippen LogP) is 31.6. The van der Waals surface area contributed by atoms with E-state index in [4.69, 9.17) is 58.1 Å². The van der Waals surface area contributed by atoms with Crippen LogP contribution in [-0.4, -0.2) is 44.9 Å². The third kappa shape index (κ3) is 15.3. The zero-order chi connectivity index (χ0) is 88.1. The highest BCUT2D eigenvalue weighted by Crippen LogP contribution is 2.43. The topological polar surface area (TPSA) is 155 Å². The summed E-state index contributed by atoms with van der Waals surface area (Å²) < 4.78 is 18.3. The Labute approximate surface area is 763 Å². The summed E-state index contributed by atoms with van der Waals surface area (Å²) in [5, 5.41) is 15.9. The molecule has 6 aromatic heterocycles. The summed E-state index contributed by atoms with van der Waals surface area (Å²) in [7, 11) is 0. The van der Waals surface area contributed by atoms with Crippen molar-refractivity contribution in [2.24, 2.45) is 0 Å². The molecule has 0 saturated carbocycles. The monoisotopic (exact) mass is 1700 g/mol. The summed E-state index contributed by atoms with van der Waals surface area (Å²) >= 11 is 0. The van der Waals surface area contributed by atoms with Gasteiger partial charge in [0.1, 0.15) is 33.5 Å². The lowest BCUT2D eigenvalue weighted by Crippen LogP contribution is -2.00. The highest BCUT2D eigenvalue weighted by molar-refractivity contribution is 6.14. The normalized spacial score (nSPS) is 11.5. The molecule has 6 heterocycles. The zero-order valence-corrected chi connectivity index (χ0v) is 71.6. The molecule has 0 radical (unpaired) electrons. The lowest BCUT2D eigenvalue weighted by atomic mass is 9.94. The molecular formula is C121H75N9O3. The summed E-state index contributed by atoms with van der Waals surface area (Å²) in [5.74, 6) is 5.81. The Bertz CT molecular complexity index is 8830. The number of fused-ring (bicyclic) bond motifs is 13. The molecule has 0 bridgehead atoms. The molecule has 622 valence electrons. The van der Waals surface area contributed by atoms with Crippen molar-refractivity contribution in [2.45, 2.75) is 0 Å². The molecule has 0 aliphatic carbocycles. The van der Waals surface area contributed by atoms with Gasteiger partial charge in [-0.05, 0) is 173 Å². The fourth-order valence-corrected chi connectivity index (χ4v) is 18.1. The molecule has 26 aromatic rings. The molecule has 0 aliphatic rings. The molecule has 0 atom stereocenters. The molecule has 20 aromatic carbocycles. The van der Waals surface area contributed by atoms with Crippen LogP contribution in [0.1, 0.15) is 0 Å². The van der Waals surface area contributed by atoms with Crippen molar-refractivity contribution in [3.63, 3.8) is 0 Å². The van der Waals surface area contributed by atoms with Crippen LogP contribution in [0.15, 0.2) is 468 Å². The molecule has 133 heavy (non-hydrogen) atoms. The quantitative estimate of drug-likeness (QED) is 0.108. The van der Waals surface area contributed by atoms with Crippen LogP contribution in [0.4, 0.5) is 0 Å². The fourth-order valence-electron chi connectivity index (χ4n) is 18.1. The number of furan rings is 3. The number of benzene rings is 20. The fraction of sp³-hybridized carbons (Fsp3) is 0. The van der Waals surface area contributed by atoms with E-state index in [1.54, 1.807) is 0 Å². The Morgan fingerprint density at radius 2 is 0.391 bits per heavy atom. The summed E-state index contributed by atoms with van der Waals surface area (Å²) in [6.45, 7) is 0.